The highest BCUT2D eigenvalue weighted by Crippen LogP contribution is 2.18. The van der Waals surface area contributed by atoms with Gasteiger partial charge < -0.3 is 5.32 Å². The number of nitrogens with one attached hydrogen (secondary N) is 1. The van der Waals surface area contributed by atoms with Gasteiger partial charge in [-0.25, -0.2) is 4.98 Å². The molecule has 78 valence electrons. The Bertz CT molecular complexity index is 312. The Morgan fingerprint density at radius 1 is 1.79 bits per heavy atom. The predicted molar refractivity (Wildman–Crippen MR) is 61.9 cm³/mol. The first-order chi connectivity index (χ1) is 6.63. The molecule has 5 heteroatoms. The van der Waals surface area contributed by atoms with Crippen molar-refractivity contribution < 1.29 is 4.79 Å². The van der Waals surface area contributed by atoms with Crippen LogP contribution in [0.4, 0.5) is 0 Å². The number of carbonyl (C=O) groups is 1. The Morgan fingerprint density at radius 2 is 2.50 bits per heavy atom. The summed E-state index contributed by atoms with van der Waals surface area (Å²) < 4.78 is 0. The Labute approximate surface area is 93.3 Å². The fraction of sp³-hybridized carbons (Fsp3) is 0.556. The van der Waals surface area contributed by atoms with Crippen LogP contribution in [-0.2, 0) is 4.79 Å². The Balaban J connectivity index is 2.50. The second-order valence-corrected chi connectivity index (χ2v) is 4.79. The van der Waals surface area contributed by atoms with Gasteiger partial charge in [-0.15, -0.1) is 11.3 Å². The summed E-state index contributed by atoms with van der Waals surface area (Å²) in [4.78, 5) is 16.6. The number of aromatic nitrogens is 1. The minimum absolute atomic E-state index is 0.00100. The molecular weight excluding hydrogens is 216 g/mol. The van der Waals surface area contributed by atoms with Crippen LogP contribution in [0.15, 0.2) is 6.20 Å². The van der Waals surface area contributed by atoms with Crippen LogP contribution in [0.1, 0.15) is 29.3 Å². The van der Waals surface area contributed by atoms with Crippen LogP contribution in [0.5, 0.6) is 0 Å². The number of amides is 1. The van der Waals surface area contributed by atoms with Gasteiger partial charge in [0.15, 0.2) is 0 Å². The van der Waals surface area contributed by atoms with E-state index in [0.717, 1.165) is 9.88 Å². The molecule has 0 aliphatic carbocycles. The molecule has 1 rings (SSSR count). The summed E-state index contributed by atoms with van der Waals surface area (Å²) in [5, 5.41) is 3.82. The van der Waals surface area contributed by atoms with Gasteiger partial charge in [-0.3, -0.25) is 4.79 Å². The van der Waals surface area contributed by atoms with Crippen molar-refractivity contribution in [2.24, 2.45) is 0 Å². The van der Waals surface area contributed by atoms with Gasteiger partial charge in [0.2, 0.25) is 5.91 Å². The van der Waals surface area contributed by atoms with Gasteiger partial charge in [0.1, 0.15) is 5.01 Å². The van der Waals surface area contributed by atoms with Crippen LogP contribution >= 0.6 is 24.0 Å². The molecule has 0 saturated carbocycles. The van der Waals surface area contributed by atoms with E-state index in [1.54, 1.807) is 11.3 Å². The van der Waals surface area contributed by atoms with Crippen LogP contribution < -0.4 is 5.32 Å². The van der Waals surface area contributed by atoms with Gasteiger partial charge in [0.25, 0.3) is 0 Å². The average Bonchev–Trinajstić information content (AvgIpc) is 2.52. The van der Waals surface area contributed by atoms with Crippen LogP contribution in [0.2, 0.25) is 0 Å². The standard InChI is InChI=1S/C9H14N2OS2/c1-6-5-10-9(14-6)7(2)11-8(12)3-4-13/h5,7,13H,3-4H2,1-2H3,(H,11,12). The number of rotatable bonds is 4. The van der Waals surface area contributed by atoms with E-state index >= 15 is 0 Å². The molecule has 1 atom stereocenters. The smallest absolute Gasteiger partial charge is 0.221 e. The van der Waals surface area contributed by atoms with Gasteiger partial charge >= 0.3 is 0 Å². The van der Waals surface area contributed by atoms with Crippen molar-refractivity contribution in [1.82, 2.24) is 10.3 Å². The Hall–Kier alpha value is -0.550. The SMILES string of the molecule is Cc1cnc(C(C)NC(=O)CCS)s1. The van der Waals surface area contributed by atoms with Crippen molar-refractivity contribution >= 4 is 29.9 Å². The summed E-state index contributed by atoms with van der Waals surface area (Å²) in [5.41, 5.74) is 0. The molecular formula is C9H14N2OS2. The molecule has 1 aromatic rings. The minimum atomic E-state index is 0.00100. The lowest BCUT2D eigenvalue weighted by Gasteiger charge is -2.10. The number of carbonyl (C=O) groups excluding carboxylic acids is 1. The van der Waals surface area contributed by atoms with Gasteiger partial charge in [0.05, 0.1) is 6.04 Å². The van der Waals surface area contributed by atoms with Gasteiger partial charge in [0, 0.05) is 17.5 Å². The third kappa shape index (κ3) is 3.31. The first kappa shape index (κ1) is 11.5. The van der Waals surface area contributed by atoms with Gasteiger partial charge in [-0.1, -0.05) is 0 Å². The van der Waals surface area contributed by atoms with Crippen LogP contribution in [0.25, 0.3) is 0 Å². The highest BCUT2D eigenvalue weighted by Gasteiger charge is 2.11. The lowest BCUT2D eigenvalue weighted by molar-refractivity contribution is -0.121. The average molecular weight is 230 g/mol. The Morgan fingerprint density at radius 3 is 3.00 bits per heavy atom. The first-order valence-electron chi connectivity index (χ1n) is 4.46. The molecule has 1 heterocycles. The topological polar surface area (TPSA) is 42.0 Å². The molecule has 14 heavy (non-hydrogen) atoms. The molecule has 0 bridgehead atoms. The molecule has 0 aliphatic heterocycles. The minimum Gasteiger partial charge on any atom is -0.347 e. The van der Waals surface area contributed by atoms with Crippen molar-refractivity contribution in [3.05, 3.63) is 16.1 Å². The zero-order valence-electron chi connectivity index (χ0n) is 8.28. The maximum atomic E-state index is 11.3. The number of thiol groups is 1. The predicted octanol–water partition coefficient (Wildman–Crippen LogP) is 1.95. The van der Waals surface area contributed by atoms with Crippen molar-refractivity contribution in [2.45, 2.75) is 26.3 Å². The third-order valence-corrected chi connectivity index (χ3v) is 3.05. The van der Waals surface area contributed by atoms with E-state index in [4.69, 9.17) is 0 Å². The van der Waals surface area contributed by atoms with Crippen molar-refractivity contribution in [2.75, 3.05) is 5.75 Å². The lowest BCUT2D eigenvalue weighted by atomic mass is 10.3. The largest absolute Gasteiger partial charge is 0.347 e. The third-order valence-electron chi connectivity index (χ3n) is 1.73. The molecule has 0 radical (unpaired) electrons. The summed E-state index contributed by atoms with van der Waals surface area (Å²) in [6.07, 6.45) is 2.28. The van der Waals surface area contributed by atoms with E-state index in [0.29, 0.717) is 12.2 Å². The second kappa shape index (κ2) is 5.36. The van der Waals surface area contributed by atoms with E-state index in [-0.39, 0.29) is 11.9 Å². The highest BCUT2D eigenvalue weighted by molar-refractivity contribution is 7.80. The van der Waals surface area contributed by atoms with E-state index in [1.165, 1.54) is 0 Å². The van der Waals surface area contributed by atoms with Crippen LogP contribution in [-0.4, -0.2) is 16.6 Å². The summed E-state index contributed by atoms with van der Waals surface area (Å²) in [6, 6.07) is 0.00100. The second-order valence-electron chi connectivity index (χ2n) is 3.07. The number of nitrogens with zero attached hydrogens (tertiary/aromatic N) is 1. The molecule has 1 unspecified atom stereocenters. The summed E-state index contributed by atoms with van der Waals surface area (Å²) in [6.45, 7) is 3.94. The van der Waals surface area contributed by atoms with E-state index < -0.39 is 0 Å². The molecule has 1 amide bonds. The zero-order chi connectivity index (χ0) is 10.6. The number of aryl methyl sites for hydroxylation is 1. The Kier molecular flexibility index (Phi) is 4.41. The van der Waals surface area contributed by atoms with Gasteiger partial charge in [-0.2, -0.15) is 12.6 Å². The van der Waals surface area contributed by atoms with Gasteiger partial charge in [-0.05, 0) is 19.6 Å². The molecule has 0 spiro atoms. The van der Waals surface area contributed by atoms with E-state index in [1.807, 2.05) is 20.0 Å². The number of thiazole rings is 1. The summed E-state index contributed by atoms with van der Waals surface area (Å²) in [5.74, 6) is 0.607. The molecule has 1 N–H and O–H groups in total. The van der Waals surface area contributed by atoms with Crippen molar-refractivity contribution in [3.8, 4) is 0 Å². The molecule has 0 aliphatic rings. The fourth-order valence-electron chi connectivity index (χ4n) is 1.05. The highest BCUT2D eigenvalue weighted by atomic mass is 32.1. The van der Waals surface area contributed by atoms with Crippen LogP contribution in [0, 0.1) is 6.92 Å². The van der Waals surface area contributed by atoms with Crippen molar-refractivity contribution in [3.63, 3.8) is 0 Å². The molecule has 0 fully saturated rings. The van der Waals surface area contributed by atoms with Crippen molar-refractivity contribution in [1.29, 1.82) is 0 Å². The monoisotopic (exact) mass is 230 g/mol. The maximum Gasteiger partial charge on any atom is 0.221 e. The number of hydrogen-bond acceptors (Lipinski definition) is 4. The molecule has 0 saturated heterocycles. The van der Waals surface area contributed by atoms with Crippen LogP contribution in [0.3, 0.4) is 0 Å². The molecule has 1 aromatic heterocycles. The normalized spacial score (nSPS) is 12.5. The quantitative estimate of drug-likeness (QED) is 0.776. The fourth-order valence-corrected chi connectivity index (χ4v) is 2.03. The molecule has 3 nitrogen and oxygen atoms in total. The zero-order valence-corrected chi connectivity index (χ0v) is 9.99. The number of hydrogen-bond donors (Lipinski definition) is 2. The first-order valence-corrected chi connectivity index (χ1v) is 5.91. The van der Waals surface area contributed by atoms with E-state index in [2.05, 4.69) is 22.9 Å². The van der Waals surface area contributed by atoms with E-state index in [9.17, 15) is 4.79 Å². The lowest BCUT2D eigenvalue weighted by Crippen LogP contribution is -2.26. The molecule has 0 aromatic carbocycles. The summed E-state index contributed by atoms with van der Waals surface area (Å²) in [7, 11) is 0. The summed E-state index contributed by atoms with van der Waals surface area (Å²) >= 11 is 5.61. The maximum absolute atomic E-state index is 11.3.